The average molecular weight is 405 g/mol. The summed E-state index contributed by atoms with van der Waals surface area (Å²) in [5.41, 5.74) is 4.05. The van der Waals surface area contributed by atoms with Gasteiger partial charge < -0.3 is 5.32 Å². The van der Waals surface area contributed by atoms with E-state index in [2.05, 4.69) is 26.3 Å². The van der Waals surface area contributed by atoms with Crippen molar-refractivity contribution in [2.45, 2.75) is 13.8 Å². The Morgan fingerprint density at radius 3 is 2.42 bits per heavy atom. The van der Waals surface area contributed by atoms with Crippen LogP contribution in [0.4, 0.5) is 5.69 Å². The van der Waals surface area contributed by atoms with Gasteiger partial charge in [-0.15, -0.1) is 0 Å². The highest BCUT2D eigenvalue weighted by Crippen LogP contribution is 2.26. The molecule has 0 aliphatic carbocycles. The van der Waals surface area contributed by atoms with E-state index in [1.807, 2.05) is 42.8 Å². The molecule has 2 aromatic carbocycles. The summed E-state index contributed by atoms with van der Waals surface area (Å²) in [6.45, 7) is 3.95. The molecule has 0 saturated carbocycles. The third kappa shape index (κ3) is 3.52. The van der Waals surface area contributed by atoms with Crippen LogP contribution in [0.15, 0.2) is 53.0 Å². The number of carbonyl (C=O) groups excluding carboxylic acids is 1. The van der Waals surface area contributed by atoms with Gasteiger partial charge in [0.05, 0.1) is 22.1 Å². The number of nitrogens with zero attached hydrogens (tertiary/aromatic N) is 2. The highest BCUT2D eigenvalue weighted by atomic mass is 79.9. The molecule has 1 N–H and O–H groups in total. The van der Waals surface area contributed by atoms with E-state index in [1.165, 1.54) is 0 Å². The molecule has 0 saturated heterocycles. The van der Waals surface area contributed by atoms with E-state index >= 15 is 0 Å². The van der Waals surface area contributed by atoms with Crippen LogP contribution in [0, 0.1) is 13.8 Å². The van der Waals surface area contributed by atoms with E-state index < -0.39 is 0 Å². The molecule has 1 heterocycles. The molecule has 0 unspecified atom stereocenters. The maximum Gasteiger partial charge on any atom is 0.255 e. The fourth-order valence-electron chi connectivity index (χ4n) is 2.43. The van der Waals surface area contributed by atoms with Gasteiger partial charge in [-0.1, -0.05) is 27.5 Å². The second-order valence-corrected chi connectivity index (χ2v) is 6.79. The summed E-state index contributed by atoms with van der Waals surface area (Å²) >= 11 is 9.47. The first kappa shape index (κ1) is 16.7. The molecule has 6 heteroatoms. The Hall–Kier alpha value is -2.11. The van der Waals surface area contributed by atoms with Crippen molar-refractivity contribution in [3.8, 4) is 5.69 Å². The van der Waals surface area contributed by atoms with E-state index in [-0.39, 0.29) is 5.91 Å². The normalized spacial score (nSPS) is 10.7. The molecular formula is C18H15BrClN3O. The lowest BCUT2D eigenvalue weighted by Gasteiger charge is -2.09. The summed E-state index contributed by atoms with van der Waals surface area (Å²) < 4.78 is 2.71. The third-order valence-corrected chi connectivity index (χ3v) is 4.37. The number of aromatic nitrogens is 2. The lowest BCUT2D eigenvalue weighted by molar-refractivity contribution is 0.102. The Morgan fingerprint density at radius 1 is 1.12 bits per heavy atom. The fraction of sp³-hybridized carbons (Fsp3) is 0.111. The van der Waals surface area contributed by atoms with Crippen molar-refractivity contribution in [3.05, 3.63) is 75.0 Å². The van der Waals surface area contributed by atoms with Crippen molar-refractivity contribution >= 4 is 39.1 Å². The van der Waals surface area contributed by atoms with Gasteiger partial charge in [0, 0.05) is 15.7 Å². The molecule has 0 fully saturated rings. The van der Waals surface area contributed by atoms with Gasteiger partial charge in [0.25, 0.3) is 5.91 Å². The number of carbonyl (C=O) groups is 1. The molecule has 0 radical (unpaired) electrons. The molecule has 24 heavy (non-hydrogen) atoms. The van der Waals surface area contributed by atoms with Gasteiger partial charge >= 0.3 is 0 Å². The lowest BCUT2D eigenvalue weighted by atomic mass is 10.2. The molecule has 122 valence electrons. The highest BCUT2D eigenvalue weighted by molar-refractivity contribution is 9.10. The standard InChI is InChI=1S/C18H15BrClN3O/c1-11-9-12(2)23(22-11)15-6-3-13(4-7-15)18(24)21-17-8-5-14(19)10-16(17)20/h3-10H,1-2H3,(H,21,24). The number of amides is 1. The lowest BCUT2D eigenvalue weighted by Crippen LogP contribution is -2.12. The van der Waals surface area contributed by atoms with Crippen molar-refractivity contribution in [1.82, 2.24) is 9.78 Å². The highest BCUT2D eigenvalue weighted by Gasteiger charge is 2.10. The summed E-state index contributed by atoms with van der Waals surface area (Å²) in [5, 5.41) is 7.73. The monoisotopic (exact) mass is 403 g/mol. The first-order valence-corrected chi connectivity index (χ1v) is 8.51. The maximum absolute atomic E-state index is 12.4. The van der Waals surface area contributed by atoms with Crippen LogP contribution < -0.4 is 5.32 Å². The van der Waals surface area contributed by atoms with Crippen molar-refractivity contribution < 1.29 is 4.79 Å². The van der Waals surface area contributed by atoms with Gasteiger partial charge in [-0.25, -0.2) is 4.68 Å². The Kier molecular flexibility index (Phi) is 4.73. The van der Waals surface area contributed by atoms with Crippen LogP contribution >= 0.6 is 27.5 Å². The Labute approximate surface area is 153 Å². The summed E-state index contributed by atoms with van der Waals surface area (Å²) in [7, 11) is 0. The number of hydrogen-bond donors (Lipinski definition) is 1. The van der Waals surface area contributed by atoms with Crippen LogP contribution in [-0.2, 0) is 0 Å². The molecule has 3 rings (SSSR count). The second-order valence-electron chi connectivity index (χ2n) is 5.46. The van der Waals surface area contributed by atoms with Crippen molar-refractivity contribution in [2.75, 3.05) is 5.32 Å². The fourth-order valence-corrected chi connectivity index (χ4v) is 3.15. The van der Waals surface area contributed by atoms with Gasteiger partial charge in [0.15, 0.2) is 0 Å². The summed E-state index contributed by atoms with van der Waals surface area (Å²) in [6.07, 6.45) is 0. The molecule has 1 amide bonds. The zero-order valence-corrected chi connectivity index (χ0v) is 15.5. The van der Waals surface area contributed by atoms with Crippen LogP contribution in [0.1, 0.15) is 21.7 Å². The number of aryl methyl sites for hydroxylation is 2. The van der Waals surface area contributed by atoms with Crippen molar-refractivity contribution in [2.24, 2.45) is 0 Å². The largest absolute Gasteiger partial charge is 0.321 e. The van der Waals surface area contributed by atoms with Gasteiger partial charge in [-0.3, -0.25) is 4.79 Å². The maximum atomic E-state index is 12.4. The molecule has 3 aromatic rings. The Balaban J connectivity index is 1.80. The zero-order valence-electron chi connectivity index (χ0n) is 13.2. The zero-order chi connectivity index (χ0) is 17.3. The van der Waals surface area contributed by atoms with E-state index in [0.717, 1.165) is 21.5 Å². The number of hydrogen-bond acceptors (Lipinski definition) is 2. The van der Waals surface area contributed by atoms with Crippen molar-refractivity contribution in [1.29, 1.82) is 0 Å². The number of benzene rings is 2. The van der Waals surface area contributed by atoms with Crippen LogP contribution in [0.3, 0.4) is 0 Å². The Morgan fingerprint density at radius 2 is 1.83 bits per heavy atom. The van der Waals surface area contributed by atoms with Gasteiger partial charge in [0.1, 0.15) is 0 Å². The quantitative estimate of drug-likeness (QED) is 0.655. The first-order chi connectivity index (χ1) is 11.4. The predicted octanol–water partition coefficient (Wildman–Crippen LogP) is 5.16. The number of nitrogens with one attached hydrogen (secondary N) is 1. The average Bonchev–Trinajstić information content (AvgIpc) is 2.88. The number of anilines is 1. The van der Waals surface area contributed by atoms with E-state index in [0.29, 0.717) is 16.3 Å². The van der Waals surface area contributed by atoms with Gasteiger partial charge in [-0.2, -0.15) is 5.10 Å². The molecule has 0 bridgehead atoms. The predicted molar refractivity (Wildman–Crippen MR) is 100 cm³/mol. The molecule has 0 atom stereocenters. The van der Waals surface area contributed by atoms with Crippen LogP contribution in [0.5, 0.6) is 0 Å². The minimum atomic E-state index is -0.209. The van der Waals surface area contributed by atoms with Crippen LogP contribution in [0.2, 0.25) is 5.02 Å². The summed E-state index contributed by atoms with van der Waals surface area (Å²) in [5.74, 6) is -0.209. The van der Waals surface area contributed by atoms with Crippen LogP contribution in [0.25, 0.3) is 5.69 Å². The molecule has 0 spiro atoms. The van der Waals surface area contributed by atoms with E-state index in [4.69, 9.17) is 11.6 Å². The SMILES string of the molecule is Cc1cc(C)n(-c2ccc(C(=O)Nc3ccc(Br)cc3Cl)cc2)n1. The smallest absolute Gasteiger partial charge is 0.255 e. The number of rotatable bonds is 3. The molecule has 0 aliphatic heterocycles. The van der Waals surface area contributed by atoms with Gasteiger partial charge in [0.2, 0.25) is 0 Å². The summed E-state index contributed by atoms with van der Waals surface area (Å²) in [4.78, 5) is 12.4. The van der Waals surface area contributed by atoms with Crippen LogP contribution in [-0.4, -0.2) is 15.7 Å². The molecule has 4 nitrogen and oxygen atoms in total. The number of halogens is 2. The Bertz CT molecular complexity index is 903. The van der Waals surface area contributed by atoms with E-state index in [1.54, 1.807) is 24.3 Å². The topological polar surface area (TPSA) is 46.9 Å². The van der Waals surface area contributed by atoms with Gasteiger partial charge in [-0.05, 0) is 62.4 Å². The van der Waals surface area contributed by atoms with E-state index in [9.17, 15) is 4.79 Å². The second kappa shape index (κ2) is 6.79. The van der Waals surface area contributed by atoms with Crippen molar-refractivity contribution in [3.63, 3.8) is 0 Å². The molecule has 0 aliphatic rings. The first-order valence-electron chi connectivity index (χ1n) is 7.34. The minimum Gasteiger partial charge on any atom is -0.321 e. The molecule has 1 aromatic heterocycles. The minimum absolute atomic E-state index is 0.209. The molecular weight excluding hydrogens is 390 g/mol. The summed E-state index contributed by atoms with van der Waals surface area (Å²) in [6, 6.07) is 14.6. The third-order valence-electron chi connectivity index (χ3n) is 3.56.